The van der Waals surface area contributed by atoms with Gasteiger partial charge in [0.15, 0.2) is 0 Å². The number of aryl methyl sites for hydroxylation is 1. The Labute approximate surface area is 153 Å². The molecule has 8 heteroatoms. The Balaban J connectivity index is 1.70. The quantitative estimate of drug-likeness (QED) is 0.654. The van der Waals surface area contributed by atoms with Gasteiger partial charge in [0.1, 0.15) is 17.2 Å². The highest BCUT2D eigenvalue weighted by atomic mass is 19.3. The summed E-state index contributed by atoms with van der Waals surface area (Å²) in [6.45, 7) is 2.42. The van der Waals surface area contributed by atoms with Gasteiger partial charge in [-0.3, -0.25) is 4.99 Å². The fourth-order valence-corrected chi connectivity index (χ4v) is 2.38. The Morgan fingerprint density at radius 1 is 1.11 bits per heavy atom. The Morgan fingerprint density at radius 3 is 2.56 bits per heavy atom. The first-order chi connectivity index (χ1) is 12.8. The molecule has 1 aliphatic rings. The molecule has 0 atom stereocenters. The van der Waals surface area contributed by atoms with E-state index in [1.807, 2.05) is 19.1 Å². The lowest BCUT2D eigenvalue weighted by Crippen LogP contribution is -2.33. The summed E-state index contributed by atoms with van der Waals surface area (Å²) in [5.41, 5.74) is 2.61. The van der Waals surface area contributed by atoms with Crippen molar-refractivity contribution in [1.29, 1.82) is 0 Å². The van der Waals surface area contributed by atoms with Gasteiger partial charge in [0.25, 0.3) is 0 Å². The number of anilines is 1. The van der Waals surface area contributed by atoms with Crippen LogP contribution in [0.4, 0.5) is 23.2 Å². The van der Waals surface area contributed by atoms with Crippen LogP contribution in [0.3, 0.4) is 0 Å². The number of nitrogens with zero attached hydrogens (tertiary/aromatic N) is 1. The molecule has 142 valence electrons. The summed E-state index contributed by atoms with van der Waals surface area (Å²) in [7, 11) is 0. The number of halogens is 4. The number of alkyl halides is 4. The van der Waals surface area contributed by atoms with Crippen molar-refractivity contribution in [3.63, 3.8) is 0 Å². The van der Waals surface area contributed by atoms with Crippen LogP contribution in [0.5, 0.6) is 17.2 Å². The molecule has 1 heterocycles. The van der Waals surface area contributed by atoms with Gasteiger partial charge in [0, 0.05) is 23.7 Å². The number of allylic oxidation sites excluding steroid dienone is 1. The summed E-state index contributed by atoms with van der Waals surface area (Å²) < 4.78 is 60.3. The molecule has 0 aliphatic carbocycles. The minimum Gasteiger partial charge on any atom is -0.457 e. The van der Waals surface area contributed by atoms with E-state index in [1.165, 1.54) is 12.1 Å². The fraction of sp³-hybridized carbons (Fsp3) is 0.211. The third-order valence-corrected chi connectivity index (χ3v) is 3.66. The average Bonchev–Trinajstić information content (AvgIpc) is 3.10. The highest BCUT2D eigenvalue weighted by Crippen LogP contribution is 2.32. The van der Waals surface area contributed by atoms with Crippen molar-refractivity contribution in [3.05, 3.63) is 59.8 Å². The molecule has 0 spiro atoms. The van der Waals surface area contributed by atoms with Crippen LogP contribution in [0.1, 0.15) is 5.56 Å². The van der Waals surface area contributed by atoms with Gasteiger partial charge in [0.2, 0.25) is 0 Å². The molecular weight excluding hydrogens is 364 g/mol. The monoisotopic (exact) mass is 380 g/mol. The number of ether oxygens (including phenoxy) is 2. The van der Waals surface area contributed by atoms with Crippen LogP contribution >= 0.6 is 0 Å². The topological polar surface area (TPSA) is 42.9 Å². The molecule has 0 amide bonds. The molecule has 3 rings (SSSR count). The molecule has 0 saturated carbocycles. The molecule has 0 saturated heterocycles. The van der Waals surface area contributed by atoms with Crippen molar-refractivity contribution in [2.75, 3.05) is 11.9 Å². The minimum atomic E-state index is -4.57. The van der Waals surface area contributed by atoms with E-state index in [9.17, 15) is 17.6 Å². The van der Waals surface area contributed by atoms with E-state index in [4.69, 9.17) is 4.74 Å². The van der Waals surface area contributed by atoms with E-state index in [1.54, 1.807) is 18.3 Å². The maximum absolute atomic E-state index is 13.0. The number of hydrogen-bond acceptors (Lipinski definition) is 4. The van der Waals surface area contributed by atoms with E-state index in [0.717, 1.165) is 29.1 Å². The third-order valence-electron chi connectivity index (χ3n) is 3.66. The molecule has 2 aromatic rings. The molecule has 0 radical (unpaired) electrons. The van der Waals surface area contributed by atoms with Gasteiger partial charge in [0.05, 0.1) is 6.54 Å². The van der Waals surface area contributed by atoms with Gasteiger partial charge >= 0.3 is 12.5 Å². The molecular formula is C19H16F4N2O2. The predicted octanol–water partition coefficient (Wildman–Crippen LogP) is 5.40. The van der Waals surface area contributed by atoms with Gasteiger partial charge < -0.3 is 14.8 Å². The smallest absolute Gasteiger partial charge is 0.457 e. The summed E-state index contributed by atoms with van der Waals surface area (Å²) in [5, 5.41) is 3.22. The highest BCUT2D eigenvalue weighted by molar-refractivity contribution is 5.76. The number of hydrogen-bond donors (Lipinski definition) is 1. The molecule has 4 nitrogen and oxygen atoms in total. The first-order valence-corrected chi connectivity index (χ1v) is 8.03. The Bertz CT molecular complexity index is 882. The van der Waals surface area contributed by atoms with Crippen molar-refractivity contribution in [3.8, 4) is 17.2 Å². The maximum atomic E-state index is 13.0. The van der Waals surface area contributed by atoms with Crippen LogP contribution in [0.25, 0.3) is 0 Å². The van der Waals surface area contributed by atoms with Crippen LogP contribution in [0.2, 0.25) is 0 Å². The van der Waals surface area contributed by atoms with Crippen LogP contribution < -0.4 is 14.8 Å². The van der Waals surface area contributed by atoms with E-state index in [2.05, 4.69) is 15.0 Å². The van der Waals surface area contributed by atoms with E-state index in [0.29, 0.717) is 12.3 Å². The average molecular weight is 380 g/mol. The van der Waals surface area contributed by atoms with Crippen LogP contribution in [0, 0.1) is 6.92 Å². The SMILES string of the molecule is Cc1cc(NC2=CC=NC2)ccc1Oc1cccc(OC(F)(F)C(F)F)c1. The molecule has 27 heavy (non-hydrogen) atoms. The number of nitrogens with one attached hydrogen (secondary N) is 1. The van der Waals surface area contributed by atoms with E-state index in [-0.39, 0.29) is 5.75 Å². The van der Waals surface area contributed by atoms with Crippen molar-refractivity contribution in [2.45, 2.75) is 19.5 Å². The van der Waals surface area contributed by atoms with Crippen molar-refractivity contribution in [2.24, 2.45) is 4.99 Å². The van der Waals surface area contributed by atoms with Crippen molar-refractivity contribution >= 4 is 11.9 Å². The lowest BCUT2D eigenvalue weighted by atomic mass is 10.2. The van der Waals surface area contributed by atoms with Gasteiger partial charge in [-0.15, -0.1) is 0 Å². The van der Waals surface area contributed by atoms with Crippen LogP contribution in [-0.2, 0) is 0 Å². The van der Waals surface area contributed by atoms with Gasteiger partial charge in [-0.05, 0) is 48.9 Å². The largest absolute Gasteiger partial charge is 0.461 e. The van der Waals surface area contributed by atoms with Crippen LogP contribution in [0.15, 0.2) is 59.2 Å². The van der Waals surface area contributed by atoms with Gasteiger partial charge in [-0.2, -0.15) is 17.6 Å². The second kappa shape index (κ2) is 7.69. The third kappa shape index (κ3) is 4.78. The van der Waals surface area contributed by atoms with Gasteiger partial charge in [-0.25, -0.2) is 0 Å². The normalized spacial score (nSPS) is 13.6. The number of aliphatic imine (C=N–C) groups is 1. The zero-order valence-electron chi connectivity index (χ0n) is 14.3. The molecule has 1 aliphatic heterocycles. The zero-order chi connectivity index (χ0) is 19.4. The Kier molecular flexibility index (Phi) is 5.34. The Hall–Kier alpha value is -3.03. The summed E-state index contributed by atoms with van der Waals surface area (Å²) in [4.78, 5) is 4.08. The maximum Gasteiger partial charge on any atom is 0.461 e. The molecule has 2 aromatic carbocycles. The second-order valence-corrected chi connectivity index (χ2v) is 5.83. The van der Waals surface area contributed by atoms with E-state index >= 15 is 0 Å². The summed E-state index contributed by atoms with van der Waals surface area (Å²) in [5.74, 6) is 0.269. The predicted molar refractivity (Wildman–Crippen MR) is 94.3 cm³/mol. The number of benzene rings is 2. The molecule has 0 unspecified atom stereocenters. The fourth-order valence-electron chi connectivity index (χ4n) is 2.38. The van der Waals surface area contributed by atoms with Gasteiger partial charge in [-0.1, -0.05) is 6.07 Å². The lowest BCUT2D eigenvalue weighted by Gasteiger charge is -2.17. The first-order valence-electron chi connectivity index (χ1n) is 8.03. The summed E-state index contributed by atoms with van der Waals surface area (Å²) >= 11 is 0. The van der Waals surface area contributed by atoms with E-state index < -0.39 is 18.3 Å². The minimum absolute atomic E-state index is 0.188. The lowest BCUT2D eigenvalue weighted by molar-refractivity contribution is -0.253. The zero-order valence-corrected chi connectivity index (χ0v) is 14.3. The van der Waals surface area contributed by atoms with Crippen LogP contribution in [-0.4, -0.2) is 25.3 Å². The number of rotatable bonds is 7. The molecule has 0 aromatic heterocycles. The molecule has 0 bridgehead atoms. The molecule has 1 N–H and O–H groups in total. The molecule has 0 fully saturated rings. The standard InChI is InChI=1S/C19H16F4N2O2/c1-12-9-13(25-14-7-8-24-11-14)5-6-17(12)26-15-3-2-4-16(10-15)27-19(22,23)18(20)21/h2-10,18,25H,11H2,1H3. The second-order valence-electron chi connectivity index (χ2n) is 5.83. The first kappa shape index (κ1) is 18.8. The van der Waals surface area contributed by atoms with Crippen molar-refractivity contribution < 1.29 is 27.0 Å². The van der Waals surface area contributed by atoms with Crippen molar-refractivity contribution in [1.82, 2.24) is 0 Å². The highest BCUT2D eigenvalue weighted by Gasteiger charge is 2.44. The summed E-state index contributed by atoms with van der Waals surface area (Å²) in [6, 6.07) is 10.6. The Morgan fingerprint density at radius 2 is 1.89 bits per heavy atom. The summed E-state index contributed by atoms with van der Waals surface area (Å²) in [6.07, 6.45) is -4.90.